The van der Waals surface area contributed by atoms with Crippen molar-refractivity contribution in [1.29, 1.82) is 0 Å². The van der Waals surface area contributed by atoms with Gasteiger partial charge in [0.1, 0.15) is 0 Å². The number of aliphatic hydroxyl groups excluding tert-OH is 1. The van der Waals surface area contributed by atoms with Gasteiger partial charge >= 0.3 is 0 Å². The van der Waals surface area contributed by atoms with E-state index in [9.17, 15) is 5.11 Å². The maximum atomic E-state index is 10.1. The van der Waals surface area contributed by atoms with E-state index < -0.39 is 0 Å². The largest absolute Gasteiger partial charge is 0.393 e. The van der Waals surface area contributed by atoms with Crippen LogP contribution in [-0.4, -0.2) is 11.2 Å². The van der Waals surface area contributed by atoms with Crippen molar-refractivity contribution in [2.45, 2.75) is 44.6 Å². The summed E-state index contributed by atoms with van der Waals surface area (Å²) in [6, 6.07) is 5.42. The van der Waals surface area contributed by atoms with Crippen molar-refractivity contribution in [3.05, 3.63) is 33.8 Å². The second-order valence-corrected chi connectivity index (χ2v) is 5.82. The average Bonchev–Trinajstić information content (AvgIpc) is 2.76. The van der Waals surface area contributed by atoms with Crippen molar-refractivity contribution in [2.75, 3.05) is 0 Å². The van der Waals surface area contributed by atoms with Gasteiger partial charge in [-0.3, -0.25) is 0 Å². The van der Waals surface area contributed by atoms with E-state index in [1.54, 1.807) is 12.1 Å². The Hall–Kier alpha value is -0.240. The summed E-state index contributed by atoms with van der Waals surface area (Å²) < 4.78 is 0. The molecule has 0 radical (unpaired) electrons. The zero-order valence-corrected chi connectivity index (χ0v) is 11.3. The van der Waals surface area contributed by atoms with Crippen molar-refractivity contribution in [3.8, 4) is 0 Å². The predicted octanol–water partition coefficient (Wildman–Crippen LogP) is 4.48. The second kappa shape index (κ2) is 6.08. The summed E-state index contributed by atoms with van der Waals surface area (Å²) in [6.45, 7) is 0. The van der Waals surface area contributed by atoms with Crippen LogP contribution in [0.2, 0.25) is 10.0 Å². The fourth-order valence-electron chi connectivity index (χ4n) is 2.67. The summed E-state index contributed by atoms with van der Waals surface area (Å²) in [7, 11) is 0. The number of hydrogen-bond donors (Lipinski definition) is 1. The quantitative estimate of drug-likeness (QED) is 0.857. The summed E-state index contributed by atoms with van der Waals surface area (Å²) in [6.07, 6.45) is 6.36. The molecule has 0 aromatic heterocycles. The molecule has 1 aromatic carbocycles. The highest BCUT2D eigenvalue weighted by molar-refractivity contribution is 6.33. The van der Waals surface area contributed by atoms with Crippen LogP contribution in [-0.2, 0) is 6.42 Å². The molecule has 94 valence electrons. The first-order chi connectivity index (χ1) is 8.15. The fraction of sp³-hybridized carbons (Fsp3) is 0.571. The highest BCUT2D eigenvalue weighted by atomic mass is 35.5. The molecule has 0 spiro atoms. The Morgan fingerprint density at radius 1 is 1.24 bits per heavy atom. The number of rotatable bonds is 4. The van der Waals surface area contributed by atoms with Gasteiger partial charge < -0.3 is 5.11 Å². The molecule has 1 N–H and O–H groups in total. The van der Waals surface area contributed by atoms with Crippen LogP contribution in [0, 0.1) is 5.92 Å². The van der Waals surface area contributed by atoms with Gasteiger partial charge in [0.25, 0.3) is 0 Å². The number of halogens is 2. The van der Waals surface area contributed by atoms with Crippen LogP contribution >= 0.6 is 23.2 Å². The van der Waals surface area contributed by atoms with E-state index in [4.69, 9.17) is 23.2 Å². The van der Waals surface area contributed by atoms with E-state index in [-0.39, 0.29) is 6.10 Å². The summed E-state index contributed by atoms with van der Waals surface area (Å²) in [5, 5.41) is 11.4. The van der Waals surface area contributed by atoms with Crippen molar-refractivity contribution in [1.82, 2.24) is 0 Å². The van der Waals surface area contributed by atoms with Crippen LogP contribution in [0.1, 0.15) is 37.7 Å². The molecular weight excluding hydrogens is 255 g/mol. The lowest BCUT2D eigenvalue weighted by Gasteiger charge is -2.16. The van der Waals surface area contributed by atoms with Gasteiger partial charge in [-0.05, 0) is 42.5 Å². The Morgan fingerprint density at radius 2 is 1.94 bits per heavy atom. The average molecular weight is 273 g/mol. The van der Waals surface area contributed by atoms with Gasteiger partial charge in [-0.25, -0.2) is 0 Å². The molecule has 1 saturated carbocycles. The molecular formula is C14H18Cl2O. The summed E-state index contributed by atoms with van der Waals surface area (Å²) in [5.74, 6) is 0.697. The van der Waals surface area contributed by atoms with Crippen molar-refractivity contribution in [2.24, 2.45) is 5.92 Å². The van der Waals surface area contributed by atoms with E-state index in [1.807, 2.05) is 6.07 Å². The number of aliphatic hydroxyl groups is 1. The molecule has 1 nitrogen and oxygen atoms in total. The summed E-state index contributed by atoms with van der Waals surface area (Å²) in [5.41, 5.74) is 0.949. The van der Waals surface area contributed by atoms with E-state index in [0.717, 1.165) is 12.0 Å². The van der Waals surface area contributed by atoms with E-state index in [1.165, 1.54) is 25.7 Å². The van der Waals surface area contributed by atoms with Gasteiger partial charge in [0, 0.05) is 10.0 Å². The highest BCUT2D eigenvalue weighted by Crippen LogP contribution is 2.30. The minimum Gasteiger partial charge on any atom is -0.393 e. The molecule has 0 bridgehead atoms. The van der Waals surface area contributed by atoms with Crippen molar-refractivity contribution >= 4 is 23.2 Å². The standard InChI is InChI=1S/C14H18Cl2O/c15-12-5-6-14(16)11(8-12)9-13(17)7-10-3-1-2-4-10/h5-6,8,10,13,17H,1-4,7,9H2. The maximum absolute atomic E-state index is 10.1. The molecule has 0 heterocycles. The Bertz CT molecular complexity index is 372. The topological polar surface area (TPSA) is 20.2 Å². The monoisotopic (exact) mass is 272 g/mol. The number of benzene rings is 1. The molecule has 17 heavy (non-hydrogen) atoms. The maximum Gasteiger partial charge on any atom is 0.0583 e. The zero-order chi connectivity index (χ0) is 12.3. The fourth-order valence-corrected chi connectivity index (χ4v) is 3.06. The minimum atomic E-state index is -0.297. The zero-order valence-electron chi connectivity index (χ0n) is 9.83. The van der Waals surface area contributed by atoms with Crippen LogP contribution in [0.5, 0.6) is 0 Å². The molecule has 0 amide bonds. The first-order valence-corrected chi connectivity index (χ1v) is 7.02. The van der Waals surface area contributed by atoms with Crippen molar-refractivity contribution < 1.29 is 5.11 Å². The van der Waals surface area contributed by atoms with E-state index in [2.05, 4.69) is 0 Å². The van der Waals surface area contributed by atoms with E-state index in [0.29, 0.717) is 22.4 Å². The Morgan fingerprint density at radius 3 is 2.65 bits per heavy atom. The van der Waals surface area contributed by atoms with Crippen LogP contribution in [0.4, 0.5) is 0 Å². The molecule has 0 aliphatic heterocycles. The Balaban J connectivity index is 1.92. The molecule has 1 fully saturated rings. The normalized spacial score (nSPS) is 18.5. The molecule has 1 aliphatic rings. The smallest absolute Gasteiger partial charge is 0.0583 e. The highest BCUT2D eigenvalue weighted by Gasteiger charge is 2.19. The summed E-state index contributed by atoms with van der Waals surface area (Å²) >= 11 is 12.0. The van der Waals surface area contributed by atoms with Crippen LogP contribution < -0.4 is 0 Å². The SMILES string of the molecule is OC(Cc1cc(Cl)ccc1Cl)CC1CCCC1. The van der Waals surface area contributed by atoms with Crippen LogP contribution in [0.25, 0.3) is 0 Å². The van der Waals surface area contributed by atoms with Gasteiger partial charge in [0.05, 0.1) is 6.10 Å². The third kappa shape index (κ3) is 3.87. The van der Waals surface area contributed by atoms with Gasteiger partial charge in [0.2, 0.25) is 0 Å². The number of hydrogen-bond acceptors (Lipinski definition) is 1. The first-order valence-electron chi connectivity index (χ1n) is 6.27. The predicted molar refractivity (Wildman–Crippen MR) is 72.7 cm³/mol. The summed E-state index contributed by atoms with van der Waals surface area (Å²) in [4.78, 5) is 0. The van der Waals surface area contributed by atoms with Gasteiger partial charge in [-0.15, -0.1) is 0 Å². The van der Waals surface area contributed by atoms with Crippen molar-refractivity contribution in [3.63, 3.8) is 0 Å². The minimum absolute atomic E-state index is 0.297. The molecule has 3 heteroatoms. The lowest BCUT2D eigenvalue weighted by atomic mass is 9.96. The lowest BCUT2D eigenvalue weighted by Crippen LogP contribution is -2.15. The molecule has 1 unspecified atom stereocenters. The molecule has 2 rings (SSSR count). The Kier molecular flexibility index (Phi) is 4.72. The van der Waals surface area contributed by atoms with Crippen LogP contribution in [0.3, 0.4) is 0 Å². The molecule has 0 saturated heterocycles. The molecule has 1 atom stereocenters. The van der Waals surface area contributed by atoms with E-state index >= 15 is 0 Å². The molecule has 1 aromatic rings. The second-order valence-electron chi connectivity index (χ2n) is 4.98. The third-order valence-electron chi connectivity index (χ3n) is 3.54. The molecule has 1 aliphatic carbocycles. The van der Waals surface area contributed by atoms with Gasteiger partial charge in [0.15, 0.2) is 0 Å². The lowest BCUT2D eigenvalue weighted by molar-refractivity contribution is 0.143. The van der Waals surface area contributed by atoms with Gasteiger partial charge in [-0.1, -0.05) is 48.9 Å². The van der Waals surface area contributed by atoms with Gasteiger partial charge in [-0.2, -0.15) is 0 Å². The third-order valence-corrected chi connectivity index (χ3v) is 4.15. The first kappa shape index (κ1) is 13.2. The Labute approximate surface area is 113 Å². The van der Waals surface area contributed by atoms with Crippen LogP contribution in [0.15, 0.2) is 18.2 Å².